The predicted molar refractivity (Wildman–Crippen MR) is 107 cm³/mol. The van der Waals surface area contributed by atoms with E-state index in [1.807, 2.05) is 0 Å². The zero-order valence-electron chi connectivity index (χ0n) is 15.8. The largest absolute Gasteiger partial charge is 0.464 e. The van der Waals surface area contributed by atoms with Crippen molar-refractivity contribution in [2.75, 3.05) is 19.7 Å². The van der Waals surface area contributed by atoms with Gasteiger partial charge in [0.05, 0.1) is 6.61 Å². The molecule has 9 heteroatoms. The Hall–Kier alpha value is -0.860. The lowest BCUT2D eigenvalue weighted by Crippen LogP contribution is -2.49. The molecule has 0 saturated carbocycles. The smallest absolute Gasteiger partial charge is 0.328 e. The highest BCUT2D eigenvalue weighted by atomic mass is 35.5. The number of unbranched alkanes of at least 4 members (excludes halogenated alkanes) is 3. The first-order chi connectivity index (χ1) is 12.1. The van der Waals surface area contributed by atoms with E-state index in [-0.39, 0.29) is 24.9 Å². The van der Waals surface area contributed by atoms with E-state index in [0.29, 0.717) is 12.8 Å². The number of ether oxygens (including phenoxy) is 1. The summed E-state index contributed by atoms with van der Waals surface area (Å²) in [5, 5.41) is 6.06. The number of amides is 1. The van der Waals surface area contributed by atoms with Gasteiger partial charge >= 0.3 is 5.97 Å². The summed E-state index contributed by atoms with van der Waals surface area (Å²) in [4.78, 5) is 35.4. The van der Waals surface area contributed by atoms with Gasteiger partial charge in [0, 0.05) is 27.7 Å². The second kappa shape index (κ2) is 14.2. The van der Waals surface area contributed by atoms with Crippen LogP contribution in [-0.4, -0.2) is 42.4 Å². The van der Waals surface area contributed by atoms with E-state index >= 15 is 0 Å². The van der Waals surface area contributed by atoms with E-state index < -0.39 is 16.8 Å². The second-order valence-corrected chi connectivity index (χ2v) is 7.68. The van der Waals surface area contributed by atoms with E-state index in [1.165, 1.54) is 0 Å². The molecular formula is C17H32ClN3O4S. The SMILES string of the molecule is CCCCCCC(=O)NC(CC1(SN=O)CCNCC1)C(=O)OCC.Cl. The third-order valence-electron chi connectivity index (χ3n) is 4.49. The van der Waals surface area contributed by atoms with Crippen LogP contribution in [0.4, 0.5) is 0 Å². The standard InChI is InChI=1S/C17H31N3O4S.ClH/c1-3-5-6-7-8-15(21)19-14(16(22)24-4-2)13-17(25-20-23)9-11-18-12-10-17;/h14,18H,3-13H2,1-2H3,(H,19,21);1H. The van der Waals surface area contributed by atoms with Crippen molar-refractivity contribution in [2.24, 2.45) is 4.58 Å². The molecule has 1 fully saturated rings. The number of nitrogens with one attached hydrogen (secondary N) is 2. The van der Waals surface area contributed by atoms with Gasteiger partial charge in [-0.2, -0.15) is 0 Å². The number of halogens is 1. The lowest BCUT2D eigenvalue weighted by atomic mass is 9.89. The molecule has 1 unspecified atom stereocenters. The molecule has 1 rings (SSSR count). The maximum Gasteiger partial charge on any atom is 0.328 e. The maximum atomic E-state index is 12.3. The molecule has 0 spiro atoms. The van der Waals surface area contributed by atoms with E-state index in [9.17, 15) is 14.5 Å². The Morgan fingerprint density at radius 3 is 2.50 bits per heavy atom. The van der Waals surface area contributed by atoms with Crippen molar-refractivity contribution < 1.29 is 14.3 Å². The maximum absolute atomic E-state index is 12.3. The summed E-state index contributed by atoms with van der Waals surface area (Å²) in [5.74, 6) is -0.573. The highest BCUT2D eigenvalue weighted by molar-refractivity contribution is 7.99. The molecule has 1 amide bonds. The number of hydrogen-bond acceptors (Lipinski definition) is 7. The Bertz CT molecular complexity index is 434. The lowest BCUT2D eigenvalue weighted by Gasteiger charge is -2.36. The van der Waals surface area contributed by atoms with Crippen molar-refractivity contribution in [3.8, 4) is 0 Å². The van der Waals surface area contributed by atoms with Crippen LogP contribution >= 0.6 is 24.4 Å². The fraction of sp³-hybridized carbons (Fsp3) is 0.882. The number of piperidine rings is 1. The molecule has 26 heavy (non-hydrogen) atoms. The van der Waals surface area contributed by atoms with Gasteiger partial charge in [-0.15, -0.1) is 17.3 Å². The highest BCUT2D eigenvalue weighted by Crippen LogP contribution is 2.39. The molecule has 1 heterocycles. The molecule has 0 bridgehead atoms. The first-order valence-electron chi connectivity index (χ1n) is 9.24. The van der Waals surface area contributed by atoms with Crippen LogP contribution in [0.25, 0.3) is 0 Å². The van der Waals surface area contributed by atoms with Gasteiger partial charge in [0.2, 0.25) is 5.91 Å². The van der Waals surface area contributed by atoms with Gasteiger partial charge < -0.3 is 15.4 Å². The molecular weight excluding hydrogens is 378 g/mol. The first-order valence-corrected chi connectivity index (χ1v) is 10.0. The topological polar surface area (TPSA) is 96.9 Å². The average molecular weight is 410 g/mol. The molecule has 0 aromatic heterocycles. The number of hydrogen-bond donors (Lipinski definition) is 2. The minimum absolute atomic E-state index is 0. The van der Waals surface area contributed by atoms with Crippen LogP contribution in [-0.2, 0) is 14.3 Å². The van der Waals surface area contributed by atoms with Crippen LogP contribution in [0.2, 0.25) is 0 Å². The van der Waals surface area contributed by atoms with Crippen molar-refractivity contribution in [3.63, 3.8) is 0 Å². The Kier molecular flexibility index (Phi) is 13.8. The van der Waals surface area contributed by atoms with Crippen molar-refractivity contribution in [3.05, 3.63) is 4.91 Å². The van der Waals surface area contributed by atoms with Gasteiger partial charge in [0.15, 0.2) is 0 Å². The van der Waals surface area contributed by atoms with Gasteiger partial charge in [-0.3, -0.25) is 4.79 Å². The Labute approximate surface area is 166 Å². The Balaban J connectivity index is 0.00000625. The Morgan fingerprint density at radius 1 is 1.23 bits per heavy atom. The third kappa shape index (κ3) is 9.19. The van der Waals surface area contributed by atoms with Crippen molar-refractivity contribution in [2.45, 2.75) is 76.0 Å². The summed E-state index contributed by atoms with van der Waals surface area (Å²) in [6, 6.07) is -0.731. The summed E-state index contributed by atoms with van der Waals surface area (Å²) >= 11 is 0.985. The molecule has 7 nitrogen and oxygen atoms in total. The van der Waals surface area contributed by atoms with Crippen LogP contribution < -0.4 is 10.6 Å². The quantitative estimate of drug-likeness (QED) is 0.222. The van der Waals surface area contributed by atoms with Crippen LogP contribution in [0.15, 0.2) is 4.58 Å². The predicted octanol–water partition coefficient (Wildman–Crippen LogP) is 3.35. The van der Waals surface area contributed by atoms with E-state index in [4.69, 9.17) is 4.74 Å². The van der Waals surface area contributed by atoms with Crippen molar-refractivity contribution in [1.29, 1.82) is 0 Å². The third-order valence-corrected chi connectivity index (χ3v) is 5.52. The molecule has 0 radical (unpaired) electrons. The van der Waals surface area contributed by atoms with Crippen molar-refractivity contribution >= 4 is 36.2 Å². The van der Waals surface area contributed by atoms with E-state index in [2.05, 4.69) is 22.1 Å². The summed E-state index contributed by atoms with van der Waals surface area (Å²) in [6.45, 7) is 5.65. The van der Waals surface area contributed by atoms with Gasteiger partial charge in [0.1, 0.15) is 6.04 Å². The fourth-order valence-electron chi connectivity index (χ4n) is 3.08. The van der Waals surface area contributed by atoms with Crippen LogP contribution in [0.1, 0.15) is 65.2 Å². The summed E-state index contributed by atoms with van der Waals surface area (Å²) < 4.78 is 7.71. The zero-order valence-corrected chi connectivity index (χ0v) is 17.4. The lowest BCUT2D eigenvalue weighted by molar-refractivity contribution is -0.147. The summed E-state index contributed by atoms with van der Waals surface area (Å²) in [6.07, 6.45) is 6.26. The number of nitroso groups, excluding NO2 is 1. The fourth-order valence-corrected chi connectivity index (χ4v) is 3.87. The molecule has 1 atom stereocenters. The van der Waals surface area contributed by atoms with E-state index in [1.54, 1.807) is 6.92 Å². The molecule has 1 aliphatic heterocycles. The molecule has 2 N–H and O–H groups in total. The number of carbonyl (C=O) groups excluding carboxylic acids is 2. The molecule has 1 saturated heterocycles. The Morgan fingerprint density at radius 2 is 1.92 bits per heavy atom. The molecule has 152 valence electrons. The zero-order chi connectivity index (χ0) is 18.5. The summed E-state index contributed by atoms with van der Waals surface area (Å²) in [7, 11) is 0. The van der Waals surface area contributed by atoms with Crippen LogP contribution in [0, 0.1) is 4.91 Å². The van der Waals surface area contributed by atoms with Crippen molar-refractivity contribution in [1.82, 2.24) is 10.6 Å². The van der Waals surface area contributed by atoms with Crippen LogP contribution in [0.3, 0.4) is 0 Å². The second-order valence-electron chi connectivity index (χ2n) is 6.49. The monoisotopic (exact) mass is 409 g/mol. The number of nitrogens with zero attached hydrogens (tertiary/aromatic N) is 1. The molecule has 0 aromatic rings. The first kappa shape index (κ1) is 25.1. The van der Waals surface area contributed by atoms with E-state index in [0.717, 1.165) is 63.6 Å². The highest BCUT2D eigenvalue weighted by Gasteiger charge is 2.39. The van der Waals surface area contributed by atoms with Gasteiger partial charge in [-0.25, -0.2) is 4.79 Å². The molecule has 0 aliphatic carbocycles. The van der Waals surface area contributed by atoms with Gasteiger partial charge in [-0.1, -0.05) is 26.2 Å². The number of carbonyl (C=O) groups is 2. The molecule has 1 aliphatic rings. The number of esters is 1. The van der Waals surface area contributed by atoms with Crippen LogP contribution in [0.5, 0.6) is 0 Å². The number of rotatable bonds is 12. The minimum Gasteiger partial charge on any atom is -0.464 e. The molecule has 0 aromatic carbocycles. The average Bonchev–Trinajstić information content (AvgIpc) is 2.59. The van der Waals surface area contributed by atoms with Gasteiger partial charge in [-0.05, 0) is 45.7 Å². The summed E-state index contributed by atoms with van der Waals surface area (Å²) in [5.41, 5.74) is 0. The normalized spacial score (nSPS) is 16.8. The minimum atomic E-state index is -0.731. The van der Waals surface area contributed by atoms with Gasteiger partial charge in [0.25, 0.3) is 0 Å².